The molecule has 0 saturated carbocycles. The van der Waals surface area contributed by atoms with E-state index in [1.807, 2.05) is 31.2 Å². The Morgan fingerprint density at radius 1 is 0.968 bits per heavy atom. The SMILES string of the molecule is COc1ccc(S(=O)(=O)N(C)Cc2ccc(C(=O)NCc3ccccc3C)cc2)cc1. The Labute approximate surface area is 183 Å². The Morgan fingerprint density at radius 3 is 2.23 bits per heavy atom. The molecule has 0 unspecified atom stereocenters. The van der Waals surface area contributed by atoms with Crippen molar-refractivity contribution in [2.45, 2.75) is 24.9 Å². The van der Waals surface area contributed by atoms with Gasteiger partial charge < -0.3 is 10.1 Å². The molecule has 31 heavy (non-hydrogen) atoms. The molecular formula is C24H26N2O4S. The summed E-state index contributed by atoms with van der Waals surface area (Å²) in [7, 11) is -0.573. The first-order chi connectivity index (χ1) is 14.8. The number of hydrogen-bond donors (Lipinski definition) is 1. The number of methoxy groups -OCH3 is 1. The number of hydrogen-bond acceptors (Lipinski definition) is 4. The molecule has 0 aromatic heterocycles. The maximum atomic E-state index is 12.8. The molecule has 0 bridgehead atoms. The lowest BCUT2D eigenvalue weighted by atomic mass is 10.1. The summed E-state index contributed by atoms with van der Waals surface area (Å²) < 4.78 is 31.9. The minimum atomic E-state index is -3.63. The molecule has 1 amide bonds. The van der Waals surface area contributed by atoms with Crippen molar-refractivity contribution in [1.29, 1.82) is 0 Å². The van der Waals surface area contributed by atoms with Crippen molar-refractivity contribution in [3.8, 4) is 5.75 Å². The van der Waals surface area contributed by atoms with Gasteiger partial charge in [0, 0.05) is 25.7 Å². The number of nitrogens with zero attached hydrogens (tertiary/aromatic N) is 1. The van der Waals surface area contributed by atoms with Crippen molar-refractivity contribution >= 4 is 15.9 Å². The van der Waals surface area contributed by atoms with E-state index in [0.717, 1.165) is 16.7 Å². The molecule has 0 radical (unpaired) electrons. The number of ether oxygens (including phenoxy) is 1. The van der Waals surface area contributed by atoms with Crippen LogP contribution >= 0.6 is 0 Å². The molecule has 0 spiro atoms. The van der Waals surface area contributed by atoms with Crippen LogP contribution in [0.5, 0.6) is 5.75 Å². The molecule has 0 aliphatic carbocycles. The molecule has 3 rings (SSSR count). The molecule has 7 heteroatoms. The maximum absolute atomic E-state index is 12.8. The first-order valence-corrected chi connectivity index (χ1v) is 11.3. The van der Waals surface area contributed by atoms with E-state index in [9.17, 15) is 13.2 Å². The lowest BCUT2D eigenvalue weighted by Crippen LogP contribution is -2.26. The monoisotopic (exact) mass is 438 g/mol. The van der Waals surface area contributed by atoms with Gasteiger partial charge in [-0.25, -0.2) is 8.42 Å². The van der Waals surface area contributed by atoms with E-state index in [1.54, 1.807) is 36.4 Å². The van der Waals surface area contributed by atoms with Gasteiger partial charge in [0.25, 0.3) is 5.91 Å². The predicted molar refractivity (Wildman–Crippen MR) is 120 cm³/mol. The van der Waals surface area contributed by atoms with Crippen LogP contribution in [0.4, 0.5) is 0 Å². The number of nitrogens with one attached hydrogen (secondary N) is 1. The largest absolute Gasteiger partial charge is 0.497 e. The van der Waals surface area contributed by atoms with Crippen LogP contribution in [-0.4, -0.2) is 32.8 Å². The third kappa shape index (κ3) is 5.51. The van der Waals surface area contributed by atoms with Crippen molar-refractivity contribution in [3.05, 3.63) is 95.1 Å². The zero-order chi connectivity index (χ0) is 22.4. The third-order valence-corrected chi connectivity index (χ3v) is 6.91. The number of carbonyl (C=O) groups is 1. The number of aryl methyl sites for hydroxylation is 1. The highest BCUT2D eigenvalue weighted by atomic mass is 32.2. The van der Waals surface area contributed by atoms with Crippen molar-refractivity contribution in [2.24, 2.45) is 0 Å². The van der Waals surface area contributed by atoms with E-state index in [1.165, 1.54) is 30.6 Å². The summed E-state index contributed by atoms with van der Waals surface area (Å²) in [5.41, 5.74) is 3.50. The number of sulfonamides is 1. The fourth-order valence-corrected chi connectivity index (χ4v) is 4.28. The zero-order valence-electron chi connectivity index (χ0n) is 17.8. The summed E-state index contributed by atoms with van der Waals surface area (Å²) in [4.78, 5) is 12.6. The Kier molecular flexibility index (Phi) is 7.09. The van der Waals surface area contributed by atoms with Crippen molar-refractivity contribution in [2.75, 3.05) is 14.2 Å². The molecule has 0 aliphatic rings. The highest BCUT2D eigenvalue weighted by Crippen LogP contribution is 2.20. The van der Waals surface area contributed by atoms with Gasteiger partial charge in [0.15, 0.2) is 0 Å². The summed E-state index contributed by atoms with van der Waals surface area (Å²) >= 11 is 0. The van der Waals surface area contributed by atoms with Crippen LogP contribution < -0.4 is 10.1 Å². The van der Waals surface area contributed by atoms with Gasteiger partial charge in [-0.3, -0.25) is 4.79 Å². The number of amides is 1. The first kappa shape index (κ1) is 22.5. The lowest BCUT2D eigenvalue weighted by molar-refractivity contribution is 0.0951. The van der Waals surface area contributed by atoms with Crippen LogP contribution in [0.15, 0.2) is 77.7 Å². The normalized spacial score (nSPS) is 11.4. The smallest absolute Gasteiger partial charge is 0.251 e. The second-order valence-electron chi connectivity index (χ2n) is 7.24. The van der Waals surface area contributed by atoms with Crippen molar-refractivity contribution in [1.82, 2.24) is 9.62 Å². The number of rotatable bonds is 8. The van der Waals surface area contributed by atoms with E-state index in [4.69, 9.17) is 4.74 Å². The summed E-state index contributed by atoms with van der Waals surface area (Å²) in [5.74, 6) is 0.423. The van der Waals surface area contributed by atoms with E-state index >= 15 is 0 Å². The summed E-state index contributed by atoms with van der Waals surface area (Å²) in [6.45, 7) is 2.66. The molecule has 162 valence electrons. The standard InChI is InChI=1S/C24H26N2O4S/c1-18-6-4-5-7-21(18)16-25-24(27)20-10-8-19(9-11-20)17-26(2)31(28,29)23-14-12-22(30-3)13-15-23/h4-15H,16-17H2,1-3H3,(H,25,27). The van der Waals surface area contributed by atoms with E-state index in [-0.39, 0.29) is 17.3 Å². The van der Waals surface area contributed by atoms with E-state index in [0.29, 0.717) is 17.9 Å². The fraction of sp³-hybridized carbons (Fsp3) is 0.208. The molecule has 6 nitrogen and oxygen atoms in total. The average molecular weight is 439 g/mol. The molecule has 1 N–H and O–H groups in total. The number of carbonyl (C=O) groups excluding carboxylic acids is 1. The minimum Gasteiger partial charge on any atom is -0.497 e. The van der Waals surface area contributed by atoms with Gasteiger partial charge in [0.1, 0.15) is 5.75 Å². The lowest BCUT2D eigenvalue weighted by Gasteiger charge is -2.17. The Hall–Kier alpha value is -3.16. The van der Waals surface area contributed by atoms with Crippen LogP contribution in [-0.2, 0) is 23.1 Å². The topological polar surface area (TPSA) is 75.7 Å². The molecule has 0 atom stereocenters. The van der Waals surface area contributed by atoms with Gasteiger partial charge >= 0.3 is 0 Å². The van der Waals surface area contributed by atoms with Gasteiger partial charge in [-0.15, -0.1) is 0 Å². The summed E-state index contributed by atoms with van der Waals surface area (Å²) in [6.07, 6.45) is 0. The highest BCUT2D eigenvalue weighted by Gasteiger charge is 2.21. The number of benzene rings is 3. The van der Waals surface area contributed by atoms with Gasteiger partial charge in [0.05, 0.1) is 12.0 Å². The highest BCUT2D eigenvalue weighted by molar-refractivity contribution is 7.89. The first-order valence-electron chi connectivity index (χ1n) is 9.83. The van der Waals surface area contributed by atoms with E-state index < -0.39 is 10.0 Å². The molecular weight excluding hydrogens is 412 g/mol. The molecule has 0 fully saturated rings. The summed E-state index contributed by atoms with van der Waals surface area (Å²) in [5, 5.41) is 2.92. The molecule has 0 aliphatic heterocycles. The average Bonchev–Trinajstić information content (AvgIpc) is 2.78. The van der Waals surface area contributed by atoms with Gasteiger partial charge in [-0.2, -0.15) is 4.31 Å². The van der Waals surface area contributed by atoms with Crippen LogP contribution in [0.25, 0.3) is 0 Å². The Bertz CT molecular complexity index is 1140. The van der Waals surface area contributed by atoms with Crippen LogP contribution in [0.3, 0.4) is 0 Å². The predicted octanol–water partition coefficient (Wildman–Crippen LogP) is 3.75. The second-order valence-corrected chi connectivity index (χ2v) is 9.29. The molecule has 3 aromatic carbocycles. The molecule has 0 heterocycles. The summed E-state index contributed by atoms with van der Waals surface area (Å²) in [6, 6.07) is 21.1. The van der Waals surface area contributed by atoms with Crippen LogP contribution in [0.2, 0.25) is 0 Å². The molecule has 3 aromatic rings. The minimum absolute atomic E-state index is 0.172. The van der Waals surface area contributed by atoms with Gasteiger partial charge in [-0.05, 0) is 60.0 Å². The Morgan fingerprint density at radius 2 is 1.61 bits per heavy atom. The van der Waals surface area contributed by atoms with Crippen LogP contribution in [0, 0.1) is 6.92 Å². The molecule has 0 saturated heterocycles. The van der Waals surface area contributed by atoms with Crippen molar-refractivity contribution in [3.63, 3.8) is 0 Å². The van der Waals surface area contributed by atoms with Crippen molar-refractivity contribution < 1.29 is 17.9 Å². The Balaban J connectivity index is 1.62. The zero-order valence-corrected chi connectivity index (χ0v) is 18.6. The van der Waals surface area contributed by atoms with Gasteiger partial charge in [-0.1, -0.05) is 36.4 Å². The maximum Gasteiger partial charge on any atom is 0.251 e. The van der Waals surface area contributed by atoms with Crippen LogP contribution in [0.1, 0.15) is 27.0 Å². The van der Waals surface area contributed by atoms with Gasteiger partial charge in [0.2, 0.25) is 10.0 Å². The fourth-order valence-electron chi connectivity index (χ4n) is 3.12. The quantitative estimate of drug-likeness (QED) is 0.581. The second kappa shape index (κ2) is 9.76. The third-order valence-electron chi connectivity index (χ3n) is 5.09. The van der Waals surface area contributed by atoms with E-state index in [2.05, 4.69) is 5.32 Å².